The van der Waals surface area contributed by atoms with Gasteiger partial charge in [-0.3, -0.25) is 4.79 Å². The molecular weight excluding hydrogens is 460 g/mol. The van der Waals surface area contributed by atoms with Crippen LogP contribution in [0.15, 0.2) is 47.5 Å². The van der Waals surface area contributed by atoms with Crippen molar-refractivity contribution in [2.24, 2.45) is 4.99 Å². The summed E-state index contributed by atoms with van der Waals surface area (Å²) in [5, 5.41) is 1.06. The first kappa shape index (κ1) is 20.7. The van der Waals surface area contributed by atoms with E-state index >= 15 is 0 Å². The Bertz CT molecular complexity index is 1170. The molecule has 2 fully saturated rings. The molecule has 0 N–H and O–H groups in total. The number of carbonyl (C=O) groups excluding carboxylic acids is 1. The lowest BCUT2D eigenvalue weighted by molar-refractivity contribution is -0.117. The molecule has 2 saturated heterocycles. The van der Waals surface area contributed by atoms with Crippen molar-refractivity contribution in [2.45, 2.75) is 24.3 Å². The minimum atomic E-state index is -3.10. The SMILES string of the molecule is O=C(Cc1ccc(Cl)cc1)N=C1S[C@@H]2CS(=O)(=O)C[C@@H]2N1Cc1ccc2c(c1)OCO2. The monoisotopic (exact) mass is 478 g/mol. The van der Waals surface area contributed by atoms with Crippen molar-refractivity contribution < 1.29 is 22.7 Å². The van der Waals surface area contributed by atoms with E-state index in [4.69, 9.17) is 21.1 Å². The van der Waals surface area contributed by atoms with E-state index in [0.717, 1.165) is 11.1 Å². The van der Waals surface area contributed by atoms with Crippen molar-refractivity contribution in [2.75, 3.05) is 18.3 Å². The third kappa shape index (κ3) is 4.40. The lowest BCUT2D eigenvalue weighted by Gasteiger charge is -2.24. The predicted octanol–water partition coefficient (Wildman–Crippen LogP) is 2.91. The summed E-state index contributed by atoms with van der Waals surface area (Å²) >= 11 is 7.28. The maximum atomic E-state index is 12.6. The van der Waals surface area contributed by atoms with Crippen LogP contribution in [0, 0.1) is 0 Å². The molecule has 0 bridgehead atoms. The highest BCUT2D eigenvalue weighted by molar-refractivity contribution is 8.15. The standard InChI is InChI=1S/C21H19ClN2O5S2/c22-15-4-1-13(2-5-15)8-20(25)23-21-24(16-10-31(26,27)11-19(16)30-21)9-14-3-6-17-18(7-14)29-12-28-17/h1-7,16,19H,8-12H2/t16-,19+/m0/s1. The second-order valence-electron chi connectivity index (χ2n) is 7.71. The van der Waals surface area contributed by atoms with Gasteiger partial charge in [-0.2, -0.15) is 4.99 Å². The van der Waals surface area contributed by atoms with Crippen LogP contribution in [-0.4, -0.2) is 54.0 Å². The van der Waals surface area contributed by atoms with E-state index in [-0.39, 0.29) is 41.9 Å². The largest absolute Gasteiger partial charge is 0.454 e. The Morgan fingerprint density at radius 2 is 1.84 bits per heavy atom. The van der Waals surface area contributed by atoms with Gasteiger partial charge in [0, 0.05) is 16.8 Å². The fraction of sp³-hybridized carbons (Fsp3) is 0.333. The molecule has 0 aromatic heterocycles. The number of sulfone groups is 1. The van der Waals surface area contributed by atoms with Gasteiger partial charge in [-0.25, -0.2) is 8.42 Å². The normalized spacial score (nSPS) is 24.5. The van der Waals surface area contributed by atoms with Crippen molar-refractivity contribution in [1.82, 2.24) is 4.90 Å². The predicted molar refractivity (Wildman–Crippen MR) is 120 cm³/mol. The molecule has 0 unspecified atom stereocenters. The van der Waals surface area contributed by atoms with Gasteiger partial charge in [0.1, 0.15) is 0 Å². The van der Waals surface area contributed by atoms with Crippen molar-refractivity contribution in [3.63, 3.8) is 0 Å². The fourth-order valence-electron chi connectivity index (χ4n) is 3.98. The van der Waals surface area contributed by atoms with Gasteiger partial charge in [0.25, 0.3) is 5.91 Å². The topological polar surface area (TPSA) is 85.3 Å². The van der Waals surface area contributed by atoms with Crippen molar-refractivity contribution in [1.29, 1.82) is 0 Å². The summed E-state index contributed by atoms with van der Waals surface area (Å²) in [7, 11) is -3.10. The van der Waals surface area contributed by atoms with Crippen molar-refractivity contribution in [3.8, 4) is 11.5 Å². The summed E-state index contributed by atoms with van der Waals surface area (Å²) in [6.07, 6.45) is 0.159. The summed E-state index contributed by atoms with van der Waals surface area (Å²) in [5.74, 6) is 1.25. The molecule has 5 rings (SSSR count). The minimum absolute atomic E-state index is 0.0691. The van der Waals surface area contributed by atoms with Crippen LogP contribution in [0.3, 0.4) is 0 Å². The highest BCUT2D eigenvalue weighted by Gasteiger charge is 2.48. The molecule has 0 aliphatic carbocycles. The van der Waals surface area contributed by atoms with E-state index in [2.05, 4.69) is 4.99 Å². The molecule has 0 saturated carbocycles. The molecule has 1 amide bonds. The lowest BCUT2D eigenvalue weighted by Crippen LogP contribution is -2.37. The first-order valence-corrected chi connectivity index (χ1v) is 12.8. The van der Waals surface area contributed by atoms with Crippen LogP contribution in [0.2, 0.25) is 5.02 Å². The smallest absolute Gasteiger partial charge is 0.252 e. The second kappa shape index (κ2) is 8.03. The zero-order valence-electron chi connectivity index (χ0n) is 16.4. The van der Waals surface area contributed by atoms with Crippen LogP contribution in [-0.2, 0) is 27.6 Å². The molecule has 10 heteroatoms. The first-order chi connectivity index (χ1) is 14.9. The van der Waals surface area contributed by atoms with Gasteiger partial charge in [-0.1, -0.05) is 41.6 Å². The molecule has 0 spiro atoms. The lowest BCUT2D eigenvalue weighted by atomic mass is 10.1. The number of carbonyl (C=O) groups is 1. The Labute approximate surface area is 189 Å². The van der Waals surface area contributed by atoms with Crippen LogP contribution < -0.4 is 9.47 Å². The average Bonchev–Trinajstić information content (AvgIpc) is 3.37. The van der Waals surface area contributed by atoms with E-state index in [1.54, 1.807) is 24.3 Å². The van der Waals surface area contributed by atoms with Crippen LogP contribution in [0.25, 0.3) is 0 Å². The minimum Gasteiger partial charge on any atom is -0.454 e. The third-order valence-corrected chi connectivity index (χ3v) is 8.95. The Balaban J connectivity index is 1.39. The average molecular weight is 479 g/mol. The van der Waals surface area contributed by atoms with E-state index < -0.39 is 9.84 Å². The van der Waals surface area contributed by atoms with Crippen molar-refractivity contribution >= 4 is 44.3 Å². The van der Waals surface area contributed by atoms with E-state index in [1.165, 1.54) is 11.8 Å². The Morgan fingerprint density at radius 1 is 1.10 bits per heavy atom. The van der Waals surface area contributed by atoms with Gasteiger partial charge >= 0.3 is 0 Å². The molecule has 3 aliphatic heterocycles. The molecule has 2 aromatic carbocycles. The second-order valence-corrected chi connectivity index (χ2v) is 11.5. The summed E-state index contributed by atoms with van der Waals surface area (Å²) in [6, 6.07) is 12.5. The molecule has 2 atom stereocenters. The first-order valence-electron chi connectivity index (χ1n) is 9.74. The number of amidine groups is 1. The zero-order valence-corrected chi connectivity index (χ0v) is 18.8. The zero-order chi connectivity index (χ0) is 21.6. The summed E-state index contributed by atoms with van der Waals surface area (Å²) in [5.41, 5.74) is 1.76. The Hall–Kier alpha value is -2.23. The van der Waals surface area contributed by atoms with Gasteiger partial charge in [-0.15, -0.1) is 0 Å². The number of rotatable bonds is 4. The van der Waals surface area contributed by atoms with Gasteiger partial charge in [0.15, 0.2) is 26.5 Å². The molecule has 31 heavy (non-hydrogen) atoms. The summed E-state index contributed by atoms with van der Waals surface area (Å²) in [6.45, 7) is 0.626. The third-order valence-electron chi connectivity index (χ3n) is 5.45. The number of benzene rings is 2. The number of amides is 1. The molecule has 162 valence electrons. The van der Waals surface area contributed by atoms with Gasteiger partial charge in [0.2, 0.25) is 6.79 Å². The quantitative estimate of drug-likeness (QED) is 0.667. The molecule has 3 heterocycles. The van der Waals surface area contributed by atoms with Crippen LogP contribution in [0.5, 0.6) is 11.5 Å². The summed E-state index contributed by atoms with van der Waals surface area (Å²) < 4.78 is 35.2. The maximum absolute atomic E-state index is 12.6. The van der Waals surface area contributed by atoms with Crippen LogP contribution in [0.1, 0.15) is 11.1 Å². The molecular formula is C21H19ClN2O5S2. The van der Waals surface area contributed by atoms with Gasteiger partial charge in [0.05, 0.1) is 24.0 Å². The number of hydrogen-bond acceptors (Lipinski definition) is 6. The number of halogens is 1. The number of hydrogen-bond donors (Lipinski definition) is 0. The highest BCUT2D eigenvalue weighted by Crippen LogP contribution is 2.40. The molecule has 7 nitrogen and oxygen atoms in total. The van der Waals surface area contributed by atoms with Crippen LogP contribution in [0.4, 0.5) is 0 Å². The van der Waals surface area contributed by atoms with Crippen molar-refractivity contribution in [3.05, 3.63) is 58.6 Å². The fourth-order valence-corrected chi connectivity index (χ4v) is 8.07. The molecule has 3 aliphatic rings. The van der Waals surface area contributed by atoms with Crippen LogP contribution >= 0.6 is 23.4 Å². The van der Waals surface area contributed by atoms with E-state index in [0.29, 0.717) is 28.2 Å². The number of ether oxygens (including phenoxy) is 2. The number of thioether (sulfide) groups is 1. The number of fused-ring (bicyclic) bond motifs is 2. The molecule has 2 aromatic rings. The molecule has 0 radical (unpaired) electrons. The van der Waals surface area contributed by atoms with Gasteiger partial charge in [-0.05, 0) is 35.4 Å². The maximum Gasteiger partial charge on any atom is 0.252 e. The highest BCUT2D eigenvalue weighted by atomic mass is 35.5. The van der Waals surface area contributed by atoms with E-state index in [1.807, 2.05) is 23.1 Å². The van der Waals surface area contributed by atoms with Gasteiger partial charge < -0.3 is 14.4 Å². The summed E-state index contributed by atoms with van der Waals surface area (Å²) in [4.78, 5) is 18.9. The number of nitrogens with zero attached hydrogens (tertiary/aromatic N) is 2. The van der Waals surface area contributed by atoms with E-state index in [9.17, 15) is 13.2 Å². The Morgan fingerprint density at radius 3 is 2.65 bits per heavy atom. The number of aliphatic imine (C=N–C) groups is 1. The Kier molecular flexibility index (Phi) is 5.35.